The number of likely N-dealkylation sites (N-methyl/N-ethyl adjacent to an activating group) is 1. The first-order chi connectivity index (χ1) is 18.5. The number of hydrazine groups is 1. The van der Waals surface area contributed by atoms with Crippen molar-refractivity contribution in [1.29, 1.82) is 0 Å². The molecule has 0 saturated heterocycles. The Hall–Kier alpha value is -4.85. The number of aromatic nitrogens is 4. The van der Waals surface area contributed by atoms with Crippen LogP contribution in [0.2, 0.25) is 0 Å². The van der Waals surface area contributed by atoms with Crippen molar-refractivity contribution >= 4 is 17.4 Å². The Labute approximate surface area is 219 Å². The molecule has 2 aromatic heterocycles. The van der Waals surface area contributed by atoms with E-state index in [-0.39, 0.29) is 41.2 Å². The number of hydrogen-bond donors (Lipinski definition) is 3. The predicted molar refractivity (Wildman–Crippen MR) is 136 cm³/mol. The Morgan fingerprint density at radius 1 is 1.18 bits per heavy atom. The van der Waals surface area contributed by atoms with Gasteiger partial charge in [-0.1, -0.05) is 30.3 Å². The number of carbonyl (C=O) groups excluding carboxylic acids is 1. The third-order valence-corrected chi connectivity index (χ3v) is 5.65. The van der Waals surface area contributed by atoms with Crippen molar-refractivity contribution in [3.63, 3.8) is 0 Å². The van der Waals surface area contributed by atoms with Gasteiger partial charge >= 0.3 is 6.18 Å². The minimum atomic E-state index is -4.88. The summed E-state index contributed by atoms with van der Waals surface area (Å²) in [6, 6.07) is 11.2. The van der Waals surface area contributed by atoms with Gasteiger partial charge in [-0.25, -0.2) is 20.2 Å². The summed E-state index contributed by atoms with van der Waals surface area (Å²) in [5, 5.41) is 11.3. The number of nitrogens with two attached hydrogens (primary N) is 2. The number of nitrogens with zero attached hydrogens (tertiary/aromatic N) is 6. The van der Waals surface area contributed by atoms with Crippen molar-refractivity contribution in [2.24, 2.45) is 23.8 Å². The molecule has 1 amide bonds. The predicted octanol–water partition coefficient (Wildman–Crippen LogP) is 3.57. The molecular weight excluding hydrogens is 518 g/mol. The zero-order chi connectivity index (χ0) is 28.3. The van der Waals surface area contributed by atoms with Crippen molar-refractivity contribution < 1.29 is 22.4 Å². The number of alkyl halides is 3. The fraction of sp³-hybridized carbons (Fsp3) is 0.160. The van der Waals surface area contributed by atoms with E-state index < -0.39 is 34.6 Å². The summed E-state index contributed by atoms with van der Waals surface area (Å²) in [4.78, 5) is 21.9. The molecule has 39 heavy (non-hydrogen) atoms. The van der Waals surface area contributed by atoms with Crippen LogP contribution < -0.4 is 17.0 Å². The van der Waals surface area contributed by atoms with Crippen LogP contribution in [0.4, 0.5) is 23.2 Å². The molecule has 10 nitrogen and oxygen atoms in total. The van der Waals surface area contributed by atoms with E-state index >= 15 is 0 Å². The van der Waals surface area contributed by atoms with E-state index in [0.717, 1.165) is 6.07 Å². The molecule has 0 spiro atoms. The highest BCUT2D eigenvalue weighted by Crippen LogP contribution is 2.38. The van der Waals surface area contributed by atoms with Crippen LogP contribution in [-0.4, -0.2) is 43.5 Å². The lowest BCUT2D eigenvalue weighted by Crippen LogP contribution is -2.35. The summed E-state index contributed by atoms with van der Waals surface area (Å²) < 4.78 is 57.3. The summed E-state index contributed by atoms with van der Waals surface area (Å²) in [6.45, 7) is 0. The maximum Gasteiger partial charge on any atom is 0.417 e. The number of carbonyl (C=O) groups is 1. The minimum absolute atomic E-state index is 0.0680. The average Bonchev–Trinajstić information content (AvgIpc) is 3.33. The molecule has 5 N–H and O–H groups in total. The molecule has 4 aromatic rings. The Balaban J connectivity index is 1.76. The number of aryl methyl sites for hydroxylation is 1. The van der Waals surface area contributed by atoms with E-state index in [1.165, 1.54) is 42.2 Å². The molecule has 0 aliphatic rings. The molecule has 0 saturated carbocycles. The van der Waals surface area contributed by atoms with E-state index in [0.29, 0.717) is 5.56 Å². The van der Waals surface area contributed by atoms with Gasteiger partial charge in [-0.2, -0.15) is 23.4 Å². The molecule has 202 valence electrons. The van der Waals surface area contributed by atoms with Crippen molar-refractivity contribution in [2.45, 2.75) is 12.6 Å². The Kier molecular flexibility index (Phi) is 7.58. The topological polar surface area (TPSA) is 140 Å². The molecule has 0 atom stereocenters. The van der Waals surface area contributed by atoms with E-state index in [4.69, 9.17) is 11.7 Å². The monoisotopic (exact) mass is 541 g/mol. The lowest BCUT2D eigenvalue weighted by atomic mass is 9.99. The second-order valence-corrected chi connectivity index (χ2v) is 8.45. The normalized spacial score (nSPS) is 11.9. The van der Waals surface area contributed by atoms with Gasteiger partial charge in [0.15, 0.2) is 0 Å². The zero-order valence-corrected chi connectivity index (χ0v) is 20.7. The van der Waals surface area contributed by atoms with Crippen LogP contribution in [0, 0.1) is 5.82 Å². The zero-order valence-electron chi connectivity index (χ0n) is 20.7. The first kappa shape index (κ1) is 27.2. The molecule has 2 heterocycles. The number of nitrogens with one attached hydrogen (secondary N) is 1. The molecule has 0 aliphatic carbocycles. The minimum Gasteiger partial charge on any atom is -0.322 e. The van der Waals surface area contributed by atoms with Gasteiger partial charge in [0.1, 0.15) is 17.5 Å². The van der Waals surface area contributed by atoms with Crippen LogP contribution in [0.3, 0.4) is 0 Å². The first-order valence-corrected chi connectivity index (χ1v) is 11.4. The van der Waals surface area contributed by atoms with E-state index in [1.807, 2.05) is 0 Å². The fourth-order valence-corrected chi connectivity index (χ4v) is 3.76. The Bertz CT molecular complexity index is 1530. The molecule has 0 radical (unpaired) electrons. The molecule has 0 bridgehead atoms. The third kappa shape index (κ3) is 6.01. The summed E-state index contributed by atoms with van der Waals surface area (Å²) in [6.07, 6.45) is -2.07. The standard InChI is InChI=1S/C25H23F4N9O/c1-37-9-8-19(36-37)15-10-16(18(26)11-17(15)25(27,28)29)24(39)33-20-13-32-21(12-22(35-30)38(2)31)34-23(20)14-6-4-3-5-7-14/h3-11,13H,12,30-31H2,1-2H3,(H,33,39)/b35-22-. The van der Waals surface area contributed by atoms with Gasteiger partial charge in [0.2, 0.25) is 0 Å². The molecule has 0 unspecified atom stereocenters. The highest BCUT2D eigenvalue weighted by Gasteiger charge is 2.36. The maximum absolute atomic E-state index is 14.9. The van der Waals surface area contributed by atoms with Gasteiger partial charge in [0.25, 0.3) is 5.91 Å². The number of amides is 1. The number of hydrogen-bond acceptors (Lipinski definition) is 7. The SMILES string of the molecule is CN(N)/C(Cc1ncc(NC(=O)c2cc(-c3ccn(C)n3)c(C(F)(F)F)cc2F)c(-c2ccccc2)n1)=N\N. The molecular formula is C25H23F4N9O. The molecule has 2 aromatic carbocycles. The lowest BCUT2D eigenvalue weighted by Gasteiger charge is -2.16. The highest BCUT2D eigenvalue weighted by atomic mass is 19.4. The number of amidine groups is 1. The van der Waals surface area contributed by atoms with Crippen molar-refractivity contribution in [3.05, 3.63) is 83.7 Å². The summed E-state index contributed by atoms with van der Waals surface area (Å²) in [7, 11) is 3.06. The maximum atomic E-state index is 14.9. The van der Waals surface area contributed by atoms with Gasteiger partial charge in [-0.15, -0.1) is 0 Å². The van der Waals surface area contributed by atoms with E-state index in [9.17, 15) is 22.4 Å². The quantitative estimate of drug-likeness (QED) is 0.111. The van der Waals surface area contributed by atoms with Gasteiger partial charge in [0, 0.05) is 31.4 Å². The largest absolute Gasteiger partial charge is 0.417 e. The first-order valence-electron chi connectivity index (χ1n) is 11.4. The smallest absolute Gasteiger partial charge is 0.322 e. The summed E-state index contributed by atoms with van der Waals surface area (Å²) in [5.41, 5.74) is -1.42. The van der Waals surface area contributed by atoms with Crippen molar-refractivity contribution in [3.8, 4) is 22.5 Å². The van der Waals surface area contributed by atoms with Crippen LogP contribution in [0.15, 0.2) is 66.0 Å². The van der Waals surface area contributed by atoms with Crippen LogP contribution >= 0.6 is 0 Å². The van der Waals surface area contributed by atoms with Gasteiger partial charge < -0.3 is 11.2 Å². The molecule has 4 rings (SSSR count). The van der Waals surface area contributed by atoms with Gasteiger partial charge in [-0.3, -0.25) is 14.5 Å². The van der Waals surface area contributed by atoms with Crippen LogP contribution in [-0.2, 0) is 19.6 Å². The lowest BCUT2D eigenvalue weighted by molar-refractivity contribution is -0.137. The highest BCUT2D eigenvalue weighted by molar-refractivity contribution is 6.06. The second kappa shape index (κ2) is 10.9. The van der Waals surface area contributed by atoms with Gasteiger partial charge in [-0.05, 0) is 18.2 Å². The summed E-state index contributed by atoms with van der Waals surface area (Å²) >= 11 is 0. The number of halogens is 4. The average molecular weight is 542 g/mol. The Morgan fingerprint density at radius 3 is 2.49 bits per heavy atom. The van der Waals surface area contributed by atoms with Gasteiger partial charge in [0.05, 0.1) is 40.8 Å². The fourth-order valence-electron chi connectivity index (χ4n) is 3.76. The third-order valence-electron chi connectivity index (χ3n) is 5.65. The number of hydrazone groups is 1. The molecule has 0 fully saturated rings. The van der Waals surface area contributed by atoms with Crippen LogP contribution in [0.1, 0.15) is 21.7 Å². The molecule has 14 heteroatoms. The van der Waals surface area contributed by atoms with Crippen LogP contribution in [0.5, 0.6) is 0 Å². The van der Waals surface area contributed by atoms with Crippen molar-refractivity contribution in [1.82, 2.24) is 24.8 Å². The summed E-state index contributed by atoms with van der Waals surface area (Å²) in [5.74, 6) is 9.28. The van der Waals surface area contributed by atoms with E-state index in [1.54, 1.807) is 30.3 Å². The number of benzene rings is 2. The molecule has 0 aliphatic heterocycles. The Morgan fingerprint density at radius 2 is 1.90 bits per heavy atom. The van der Waals surface area contributed by atoms with Crippen LogP contribution in [0.25, 0.3) is 22.5 Å². The second-order valence-electron chi connectivity index (χ2n) is 8.45. The van der Waals surface area contributed by atoms with E-state index in [2.05, 4.69) is 25.5 Å². The van der Waals surface area contributed by atoms with Crippen molar-refractivity contribution in [2.75, 3.05) is 12.4 Å². The number of rotatable bonds is 6. The number of anilines is 1.